The number of anilines is 1. The van der Waals surface area contributed by atoms with E-state index in [1.165, 1.54) is 30.7 Å². The van der Waals surface area contributed by atoms with Crippen LogP contribution >= 0.6 is 0 Å². The number of carbonyl (C=O) groups is 1. The van der Waals surface area contributed by atoms with Crippen molar-refractivity contribution in [1.29, 1.82) is 0 Å². The van der Waals surface area contributed by atoms with Gasteiger partial charge in [0.1, 0.15) is 13.2 Å². The number of sulfonamides is 1. The Bertz CT molecular complexity index is 1500. The Morgan fingerprint density at radius 2 is 1.69 bits per heavy atom. The highest BCUT2D eigenvalue weighted by Gasteiger charge is 2.27. The van der Waals surface area contributed by atoms with E-state index in [4.69, 9.17) is 9.47 Å². The van der Waals surface area contributed by atoms with Crippen LogP contribution in [0.5, 0.6) is 11.5 Å². The second-order valence-corrected chi connectivity index (χ2v) is 10.1. The molecule has 3 aromatic carbocycles. The van der Waals surface area contributed by atoms with E-state index in [2.05, 4.69) is 15.5 Å². The summed E-state index contributed by atoms with van der Waals surface area (Å²) in [7, 11) is -4.02. The van der Waals surface area contributed by atoms with Gasteiger partial charge in [0.15, 0.2) is 11.5 Å². The van der Waals surface area contributed by atoms with Crippen LogP contribution in [0.2, 0.25) is 0 Å². The van der Waals surface area contributed by atoms with Gasteiger partial charge in [-0.1, -0.05) is 48.5 Å². The monoisotopic (exact) mass is 544 g/mol. The molecule has 200 valence electrons. The van der Waals surface area contributed by atoms with Crippen molar-refractivity contribution in [2.75, 3.05) is 17.5 Å². The van der Waals surface area contributed by atoms with Crippen LogP contribution in [-0.2, 0) is 21.4 Å². The van der Waals surface area contributed by atoms with E-state index < -0.39 is 22.5 Å². The number of hydrogen-bond donors (Lipinski definition) is 1. The lowest BCUT2D eigenvalue weighted by Crippen LogP contribution is -2.39. The van der Waals surface area contributed by atoms with Gasteiger partial charge in [0.2, 0.25) is 0 Å². The molecule has 0 saturated heterocycles. The lowest BCUT2D eigenvalue weighted by molar-refractivity contribution is -0.119. The molecule has 4 aromatic rings. The summed E-state index contributed by atoms with van der Waals surface area (Å²) >= 11 is 0. The van der Waals surface area contributed by atoms with E-state index in [1.807, 2.05) is 37.3 Å². The zero-order valence-corrected chi connectivity index (χ0v) is 22.1. The van der Waals surface area contributed by atoms with E-state index >= 15 is 0 Å². The highest BCUT2D eigenvalue weighted by molar-refractivity contribution is 7.92. The molecule has 0 unspecified atom stereocenters. The molecular formula is C29H28N4O5S. The largest absolute Gasteiger partial charge is 0.490 e. The van der Waals surface area contributed by atoms with Crippen molar-refractivity contribution < 1.29 is 22.7 Å². The van der Waals surface area contributed by atoms with Gasteiger partial charge >= 0.3 is 0 Å². The molecule has 0 atom stereocenters. The number of amides is 1. The number of benzene rings is 3. The van der Waals surface area contributed by atoms with Gasteiger partial charge in [0, 0.05) is 6.20 Å². The second-order valence-electron chi connectivity index (χ2n) is 8.24. The molecule has 10 heteroatoms. The maximum atomic E-state index is 13.3. The van der Waals surface area contributed by atoms with Gasteiger partial charge in [0.25, 0.3) is 15.9 Å². The molecule has 9 nitrogen and oxygen atoms in total. The van der Waals surface area contributed by atoms with Crippen molar-refractivity contribution in [3.8, 4) is 11.5 Å². The molecule has 1 aromatic heterocycles. The topological polar surface area (TPSA) is 110 Å². The highest BCUT2D eigenvalue weighted by atomic mass is 32.2. The lowest BCUT2D eigenvalue weighted by atomic mass is 10.2. The fourth-order valence-electron chi connectivity index (χ4n) is 3.61. The SMILES string of the molecule is CCOc1cc(/C=N\NC(=O)CN(c2cccnc2)S(=O)(=O)c2ccccc2)ccc1OCc1ccccc1. The van der Waals surface area contributed by atoms with Gasteiger partial charge in [0.05, 0.1) is 29.6 Å². The highest BCUT2D eigenvalue weighted by Crippen LogP contribution is 2.29. The standard InChI is InChI=1S/C29H28N4O5S/c1-2-37-28-18-24(15-16-27(28)38-22-23-10-5-3-6-11-23)19-31-32-29(34)21-33(25-12-9-17-30-20-25)39(35,36)26-13-7-4-8-14-26/h3-20H,2,21-22H2,1H3,(H,32,34)/b31-19-. The first-order valence-electron chi connectivity index (χ1n) is 12.2. The Hall–Kier alpha value is -4.70. The van der Waals surface area contributed by atoms with E-state index in [0.717, 1.165) is 9.87 Å². The molecule has 39 heavy (non-hydrogen) atoms. The van der Waals surface area contributed by atoms with Gasteiger partial charge in [-0.05, 0) is 60.5 Å². The van der Waals surface area contributed by atoms with Gasteiger partial charge in [-0.3, -0.25) is 14.1 Å². The Morgan fingerprint density at radius 1 is 0.949 bits per heavy atom. The summed E-state index contributed by atoms with van der Waals surface area (Å²) in [4.78, 5) is 16.8. The normalized spacial score (nSPS) is 11.2. The minimum absolute atomic E-state index is 0.0585. The smallest absolute Gasteiger partial charge is 0.264 e. The Kier molecular flexibility index (Phi) is 9.25. The van der Waals surface area contributed by atoms with Gasteiger partial charge in [-0.2, -0.15) is 5.10 Å². The molecule has 0 aliphatic carbocycles. The third kappa shape index (κ3) is 7.42. The predicted octanol–water partition coefficient (Wildman–Crippen LogP) is 4.40. The summed E-state index contributed by atoms with van der Waals surface area (Å²) in [5.74, 6) is 0.503. The first-order chi connectivity index (χ1) is 19.0. The predicted molar refractivity (Wildman–Crippen MR) is 149 cm³/mol. The summed E-state index contributed by atoms with van der Waals surface area (Å²) in [5, 5.41) is 4.01. The van der Waals surface area contributed by atoms with E-state index in [0.29, 0.717) is 30.3 Å². The summed E-state index contributed by atoms with van der Waals surface area (Å²) < 4.78 is 39.2. The molecule has 0 fully saturated rings. The molecule has 0 aliphatic heterocycles. The summed E-state index contributed by atoms with van der Waals surface area (Å²) in [6, 6.07) is 26.2. The quantitative estimate of drug-likeness (QED) is 0.209. The van der Waals surface area contributed by atoms with Crippen LogP contribution < -0.4 is 19.2 Å². The van der Waals surface area contributed by atoms with Gasteiger partial charge < -0.3 is 9.47 Å². The molecule has 1 N–H and O–H groups in total. The summed E-state index contributed by atoms with van der Waals surface area (Å²) in [6.45, 7) is 2.22. The summed E-state index contributed by atoms with van der Waals surface area (Å²) in [6.07, 6.45) is 4.35. The number of ether oxygens (including phenoxy) is 2. The number of nitrogens with zero attached hydrogens (tertiary/aromatic N) is 3. The van der Waals surface area contributed by atoms with E-state index in [1.54, 1.807) is 48.5 Å². The van der Waals surface area contributed by atoms with Crippen LogP contribution in [0.25, 0.3) is 0 Å². The molecule has 0 radical (unpaired) electrons. The molecule has 1 heterocycles. The van der Waals surface area contributed by atoms with Crippen molar-refractivity contribution >= 4 is 27.8 Å². The minimum Gasteiger partial charge on any atom is -0.490 e. The minimum atomic E-state index is -4.02. The number of nitrogens with one attached hydrogen (secondary N) is 1. The Morgan fingerprint density at radius 3 is 2.38 bits per heavy atom. The second kappa shape index (κ2) is 13.2. The number of aromatic nitrogens is 1. The lowest BCUT2D eigenvalue weighted by Gasteiger charge is -2.23. The molecule has 0 saturated carbocycles. The van der Waals surface area contributed by atoms with E-state index in [-0.39, 0.29) is 10.6 Å². The fraction of sp³-hybridized carbons (Fsp3) is 0.138. The van der Waals surface area contributed by atoms with Crippen LogP contribution in [-0.4, -0.2) is 38.7 Å². The average molecular weight is 545 g/mol. The zero-order chi connectivity index (χ0) is 27.5. The number of pyridine rings is 1. The van der Waals surface area contributed by atoms with Crippen LogP contribution in [0.4, 0.5) is 5.69 Å². The van der Waals surface area contributed by atoms with Gasteiger partial charge in [-0.15, -0.1) is 0 Å². The zero-order valence-electron chi connectivity index (χ0n) is 21.3. The van der Waals surface area contributed by atoms with Crippen LogP contribution in [0.1, 0.15) is 18.1 Å². The molecule has 4 rings (SSSR count). The van der Waals surface area contributed by atoms with Crippen molar-refractivity contribution in [2.24, 2.45) is 5.10 Å². The van der Waals surface area contributed by atoms with Crippen molar-refractivity contribution in [1.82, 2.24) is 10.4 Å². The average Bonchev–Trinajstić information content (AvgIpc) is 2.97. The van der Waals surface area contributed by atoms with Gasteiger partial charge in [-0.25, -0.2) is 13.8 Å². The first-order valence-corrected chi connectivity index (χ1v) is 13.6. The van der Waals surface area contributed by atoms with Crippen molar-refractivity contribution in [3.05, 3.63) is 115 Å². The molecule has 0 bridgehead atoms. The number of hydrogen-bond acceptors (Lipinski definition) is 7. The fourth-order valence-corrected chi connectivity index (χ4v) is 5.04. The molecule has 0 spiro atoms. The Labute approximate surface area is 227 Å². The Balaban J connectivity index is 1.44. The third-order valence-corrected chi connectivity index (χ3v) is 7.25. The van der Waals surface area contributed by atoms with Crippen molar-refractivity contribution in [2.45, 2.75) is 18.4 Å². The maximum absolute atomic E-state index is 13.3. The van der Waals surface area contributed by atoms with E-state index in [9.17, 15) is 13.2 Å². The first kappa shape index (κ1) is 27.3. The molecule has 0 aliphatic rings. The van der Waals surface area contributed by atoms with Crippen LogP contribution in [0, 0.1) is 0 Å². The molecular weight excluding hydrogens is 516 g/mol. The third-order valence-electron chi connectivity index (χ3n) is 5.46. The number of carbonyl (C=O) groups excluding carboxylic acids is 1. The molecule has 1 amide bonds. The summed E-state index contributed by atoms with van der Waals surface area (Å²) in [5.41, 5.74) is 4.35. The maximum Gasteiger partial charge on any atom is 0.264 e. The number of rotatable bonds is 12. The number of hydrazone groups is 1. The van der Waals surface area contributed by atoms with Crippen LogP contribution in [0.15, 0.2) is 113 Å². The van der Waals surface area contributed by atoms with Crippen LogP contribution in [0.3, 0.4) is 0 Å². The van der Waals surface area contributed by atoms with Crippen molar-refractivity contribution in [3.63, 3.8) is 0 Å².